The molecule has 5 rings (SSSR count). The van der Waals surface area contributed by atoms with Crippen LogP contribution in [0.1, 0.15) is 15.9 Å². The van der Waals surface area contributed by atoms with Crippen LogP contribution in [0.25, 0.3) is 5.69 Å². The standard InChI is InChI=1S/C20H22N8O/c1-13-8-22-20(25-18(13)21)27-11-14-9-26(10-15(14)12-27)19(29)16-4-2-3-5-17(16)28-23-6-7-24-28/h2-8,14-15H,9-12H2,1H3,(H2,21,22,25). The van der Waals surface area contributed by atoms with Gasteiger partial charge in [-0.15, -0.1) is 0 Å². The van der Waals surface area contributed by atoms with Crippen LogP contribution < -0.4 is 10.6 Å². The zero-order valence-corrected chi connectivity index (χ0v) is 16.1. The molecule has 2 saturated heterocycles. The SMILES string of the molecule is Cc1cnc(N2CC3CN(C(=O)c4ccccc4-n4nccn4)CC3C2)nc1N. The summed E-state index contributed by atoms with van der Waals surface area (Å²) in [6.07, 6.45) is 4.98. The second kappa shape index (κ2) is 6.84. The van der Waals surface area contributed by atoms with E-state index in [1.807, 2.05) is 36.1 Å². The van der Waals surface area contributed by atoms with Gasteiger partial charge in [-0.25, -0.2) is 4.98 Å². The number of fused-ring (bicyclic) bond motifs is 1. The molecule has 2 aliphatic heterocycles. The second-order valence-electron chi connectivity index (χ2n) is 7.71. The average Bonchev–Trinajstić information content (AvgIpc) is 3.46. The molecule has 9 nitrogen and oxygen atoms in total. The van der Waals surface area contributed by atoms with E-state index in [2.05, 4.69) is 25.1 Å². The van der Waals surface area contributed by atoms with Gasteiger partial charge in [0.05, 0.1) is 23.6 Å². The molecule has 2 N–H and O–H groups in total. The molecule has 0 saturated carbocycles. The Hall–Kier alpha value is -3.49. The summed E-state index contributed by atoms with van der Waals surface area (Å²) in [6, 6.07) is 7.46. The number of likely N-dealkylation sites (tertiary alicyclic amines) is 1. The third kappa shape index (κ3) is 3.08. The first-order chi connectivity index (χ1) is 14.1. The minimum Gasteiger partial charge on any atom is -0.383 e. The number of amides is 1. The molecule has 29 heavy (non-hydrogen) atoms. The van der Waals surface area contributed by atoms with E-state index in [-0.39, 0.29) is 5.91 Å². The fourth-order valence-electron chi connectivity index (χ4n) is 4.26. The molecule has 0 radical (unpaired) electrons. The lowest BCUT2D eigenvalue weighted by Gasteiger charge is -2.22. The number of para-hydroxylation sites is 1. The number of nitrogens with two attached hydrogens (primary N) is 1. The van der Waals surface area contributed by atoms with Crippen molar-refractivity contribution >= 4 is 17.7 Å². The first-order valence-electron chi connectivity index (χ1n) is 9.69. The Bertz CT molecular complexity index is 1040. The average molecular weight is 390 g/mol. The van der Waals surface area contributed by atoms with Crippen LogP contribution in [0.2, 0.25) is 0 Å². The van der Waals surface area contributed by atoms with Crippen molar-refractivity contribution in [2.75, 3.05) is 36.8 Å². The molecule has 2 atom stereocenters. The highest BCUT2D eigenvalue weighted by Gasteiger charge is 2.42. The van der Waals surface area contributed by atoms with Crippen molar-refractivity contribution in [3.63, 3.8) is 0 Å². The predicted molar refractivity (Wildman–Crippen MR) is 108 cm³/mol. The normalized spacial score (nSPS) is 20.9. The third-order valence-electron chi connectivity index (χ3n) is 5.82. The maximum Gasteiger partial charge on any atom is 0.256 e. The van der Waals surface area contributed by atoms with Crippen molar-refractivity contribution in [1.82, 2.24) is 29.9 Å². The van der Waals surface area contributed by atoms with Crippen molar-refractivity contribution in [3.05, 3.63) is 54.0 Å². The summed E-state index contributed by atoms with van der Waals surface area (Å²) in [4.78, 5) is 27.7. The second-order valence-corrected chi connectivity index (χ2v) is 7.71. The number of hydrogen-bond donors (Lipinski definition) is 1. The van der Waals surface area contributed by atoms with E-state index in [1.54, 1.807) is 18.6 Å². The Labute approximate surface area is 168 Å². The van der Waals surface area contributed by atoms with Gasteiger partial charge in [0.1, 0.15) is 5.82 Å². The van der Waals surface area contributed by atoms with Crippen molar-refractivity contribution < 1.29 is 4.79 Å². The molecular weight excluding hydrogens is 368 g/mol. The van der Waals surface area contributed by atoms with E-state index in [9.17, 15) is 4.79 Å². The molecule has 0 aliphatic carbocycles. The molecule has 9 heteroatoms. The Kier molecular flexibility index (Phi) is 4.15. The molecule has 148 valence electrons. The number of benzene rings is 1. The van der Waals surface area contributed by atoms with Gasteiger partial charge in [-0.05, 0) is 19.1 Å². The first kappa shape index (κ1) is 17.6. The van der Waals surface area contributed by atoms with E-state index in [0.717, 1.165) is 31.7 Å². The van der Waals surface area contributed by atoms with E-state index in [4.69, 9.17) is 5.73 Å². The van der Waals surface area contributed by atoms with Gasteiger partial charge in [0.25, 0.3) is 5.91 Å². The number of hydrogen-bond acceptors (Lipinski definition) is 7. The zero-order valence-electron chi connectivity index (χ0n) is 16.1. The predicted octanol–water partition coefficient (Wildman–Crippen LogP) is 1.16. The van der Waals surface area contributed by atoms with Gasteiger partial charge >= 0.3 is 0 Å². The lowest BCUT2D eigenvalue weighted by atomic mass is 10.0. The maximum atomic E-state index is 13.2. The number of rotatable bonds is 3. The summed E-state index contributed by atoms with van der Waals surface area (Å²) < 4.78 is 0. The number of carbonyl (C=O) groups excluding carboxylic acids is 1. The summed E-state index contributed by atoms with van der Waals surface area (Å²) in [7, 11) is 0. The monoisotopic (exact) mass is 390 g/mol. The fourth-order valence-corrected chi connectivity index (χ4v) is 4.26. The number of anilines is 2. The highest BCUT2D eigenvalue weighted by atomic mass is 16.2. The minimum atomic E-state index is 0.0229. The van der Waals surface area contributed by atoms with Crippen LogP contribution in [-0.2, 0) is 0 Å². The lowest BCUT2D eigenvalue weighted by molar-refractivity contribution is 0.0782. The Morgan fingerprint density at radius 2 is 1.76 bits per heavy atom. The molecule has 3 aromatic rings. The molecule has 4 heterocycles. The van der Waals surface area contributed by atoms with Gasteiger partial charge in [-0.3, -0.25) is 4.79 Å². The van der Waals surface area contributed by atoms with Crippen LogP contribution in [0, 0.1) is 18.8 Å². The molecule has 2 aliphatic rings. The number of nitrogens with zero attached hydrogens (tertiary/aromatic N) is 7. The van der Waals surface area contributed by atoms with E-state index in [0.29, 0.717) is 34.9 Å². The summed E-state index contributed by atoms with van der Waals surface area (Å²) in [5.74, 6) is 2.03. The van der Waals surface area contributed by atoms with Crippen LogP contribution in [0.15, 0.2) is 42.9 Å². The number of aryl methyl sites for hydroxylation is 1. The molecular formula is C20H22N8O. The van der Waals surface area contributed by atoms with Gasteiger partial charge < -0.3 is 15.5 Å². The van der Waals surface area contributed by atoms with E-state index >= 15 is 0 Å². The van der Waals surface area contributed by atoms with Gasteiger partial charge in [-0.2, -0.15) is 20.0 Å². The van der Waals surface area contributed by atoms with Crippen LogP contribution in [-0.4, -0.2) is 61.9 Å². The molecule has 0 spiro atoms. The van der Waals surface area contributed by atoms with Crippen molar-refractivity contribution in [2.24, 2.45) is 11.8 Å². The van der Waals surface area contributed by atoms with Gasteiger partial charge in [0.15, 0.2) is 0 Å². The van der Waals surface area contributed by atoms with Crippen LogP contribution in [0.3, 0.4) is 0 Å². The molecule has 0 bridgehead atoms. The molecule has 2 unspecified atom stereocenters. The minimum absolute atomic E-state index is 0.0229. The zero-order chi connectivity index (χ0) is 20.0. The van der Waals surface area contributed by atoms with Crippen LogP contribution in [0.5, 0.6) is 0 Å². The number of carbonyl (C=O) groups is 1. The topological polar surface area (TPSA) is 106 Å². The van der Waals surface area contributed by atoms with Gasteiger partial charge in [-0.1, -0.05) is 12.1 Å². The van der Waals surface area contributed by atoms with Crippen molar-refractivity contribution in [3.8, 4) is 5.69 Å². The van der Waals surface area contributed by atoms with Crippen LogP contribution >= 0.6 is 0 Å². The smallest absolute Gasteiger partial charge is 0.256 e. The van der Waals surface area contributed by atoms with Crippen LogP contribution in [0.4, 0.5) is 11.8 Å². The molecule has 1 amide bonds. The number of nitrogen functional groups attached to an aromatic ring is 1. The van der Waals surface area contributed by atoms with Crippen molar-refractivity contribution in [1.29, 1.82) is 0 Å². The number of aromatic nitrogens is 5. The van der Waals surface area contributed by atoms with Crippen molar-refractivity contribution in [2.45, 2.75) is 6.92 Å². The first-order valence-corrected chi connectivity index (χ1v) is 9.69. The van der Waals surface area contributed by atoms with E-state index in [1.165, 1.54) is 4.80 Å². The third-order valence-corrected chi connectivity index (χ3v) is 5.82. The Morgan fingerprint density at radius 1 is 1.07 bits per heavy atom. The molecule has 2 aromatic heterocycles. The lowest BCUT2D eigenvalue weighted by Crippen LogP contribution is -2.34. The summed E-state index contributed by atoms with van der Waals surface area (Å²) in [5.41, 5.74) is 8.15. The van der Waals surface area contributed by atoms with E-state index < -0.39 is 0 Å². The molecule has 2 fully saturated rings. The Morgan fingerprint density at radius 3 is 2.45 bits per heavy atom. The van der Waals surface area contributed by atoms with Gasteiger partial charge in [0.2, 0.25) is 5.95 Å². The largest absolute Gasteiger partial charge is 0.383 e. The maximum absolute atomic E-state index is 13.2. The summed E-state index contributed by atoms with van der Waals surface area (Å²) in [5, 5.41) is 8.35. The highest BCUT2D eigenvalue weighted by Crippen LogP contribution is 2.34. The fraction of sp³-hybridized carbons (Fsp3) is 0.350. The summed E-state index contributed by atoms with van der Waals surface area (Å²) >= 11 is 0. The quantitative estimate of drug-likeness (QED) is 0.715. The van der Waals surface area contributed by atoms with Gasteiger partial charge in [0, 0.05) is 49.8 Å². The highest BCUT2D eigenvalue weighted by molar-refractivity contribution is 5.97. The summed E-state index contributed by atoms with van der Waals surface area (Å²) in [6.45, 7) is 5.01. The Balaban J connectivity index is 1.31. The molecule has 1 aromatic carbocycles.